The molecule has 0 spiro atoms. The van der Waals surface area contributed by atoms with Crippen molar-refractivity contribution in [3.8, 4) is 6.07 Å². The van der Waals surface area contributed by atoms with Crippen molar-refractivity contribution in [3.63, 3.8) is 0 Å². The molecule has 2 rings (SSSR count). The number of nitrogens with one attached hydrogen (secondary N) is 1. The molecule has 2 heterocycles. The van der Waals surface area contributed by atoms with Crippen LogP contribution in [0.15, 0.2) is 8.68 Å². The van der Waals surface area contributed by atoms with Crippen molar-refractivity contribution in [2.45, 2.75) is 15.6 Å². The molecule has 0 bridgehead atoms. The molecule has 0 aliphatic heterocycles. The average Bonchev–Trinajstić information content (AvgIpc) is 3.03. The van der Waals surface area contributed by atoms with Crippen LogP contribution in [0.1, 0.15) is 5.01 Å². The van der Waals surface area contributed by atoms with Crippen LogP contribution in [0.25, 0.3) is 0 Å². The minimum absolute atomic E-state index is 0.171. The van der Waals surface area contributed by atoms with Gasteiger partial charge in [0.1, 0.15) is 5.01 Å². The van der Waals surface area contributed by atoms with Gasteiger partial charge < -0.3 is 0 Å². The van der Waals surface area contributed by atoms with Crippen molar-refractivity contribution in [2.24, 2.45) is 0 Å². The van der Waals surface area contributed by atoms with Crippen molar-refractivity contribution in [3.05, 3.63) is 5.01 Å². The Kier molecular flexibility index (Phi) is 5.72. The highest BCUT2D eigenvalue weighted by atomic mass is 32.2. The molecular weight excluding hydrogens is 336 g/mol. The smallest absolute Gasteiger partial charge is 0.236 e. The van der Waals surface area contributed by atoms with Gasteiger partial charge in [-0.05, 0) is 6.92 Å². The van der Waals surface area contributed by atoms with Crippen molar-refractivity contribution in [1.29, 1.82) is 5.26 Å². The maximum absolute atomic E-state index is 11.7. The van der Waals surface area contributed by atoms with Gasteiger partial charge in [0.2, 0.25) is 11.0 Å². The van der Waals surface area contributed by atoms with E-state index in [1.807, 2.05) is 13.0 Å². The largest absolute Gasteiger partial charge is 0.300 e. The predicted molar refractivity (Wildman–Crippen MR) is 80.2 cm³/mol. The molecular formula is C9H8N6OS4. The van der Waals surface area contributed by atoms with Crippen LogP contribution in [0.4, 0.5) is 5.13 Å². The van der Waals surface area contributed by atoms with Gasteiger partial charge >= 0.3 is 0 Å². The summed E-state index contributed by atoms with van der Waals surface area (Å²) in [6.07, 6.45) is 0. The Morgan fingerprint density at radius 2 is 2.00 bits per heavy atom. The van der Waals surface area contributed by atoms with E-state index in [4.69, 9.17) is 5.26 Å². The molecule has 7 nitrogen and oxygen atoms in total. The number of hydrogen-bond donors (Lipinski definition) is 1. The summed E-state index contributed by atoms with van der Waals surface area (Å²) in [7, 11) is 0. The maximum Gasteiger partial charge on any atom is 0.236 e. The predicted octanol–water partition coefficient (Wildman–Crippen LogP) is 2.04. The molecule has 0 unspecified atom stereocenters. The zero-order valence-electron chi connectivity index (χ0n) is 10.2. The van der Waals surface area contributed by atoms with Gasteiger partial charge in [0.15, 0.2) is 8.68 Å². The standard InChI is InChI=1S/C9H8N6OS4/c1-5-12-14-9(19-5)18-4-6(16)11-7-13-15-8(20-7)17-3-2-10/h3-4H2,1H3,(H,11,13,16). The molecule has 0 saturated heterocycles. The monoisotopic (exact) mass is 344 g/mol. The number of carbonyl (C=O) groups is 1. The van der Waals surface area contributed by atoms with Crippen molar-refractivity contribution >= 4 is 57.2 Å². The van der Waals surface area contributed by atoms with E-state index in [-0.39, 0.29) is 11.7 Å². The van der Waals surface area contributed by atoms with Crippen LogP contribution in [0, 0.1) is 18.3 Å². The van der Waals surface area contributed by atoms with E-state index in [2.05, 4.69) is 25.7 Å². The minimum atomic E-state index is -0.171. The van der Waals surface area contributed by atoms with E-state index < -0.39 is 0 Å². The van der Waals surface area contributed by atoms with Crippen LogP contribution in [-0.4, -0.2) is 37.8 Å². The van der Waals surface area contributed by atoms with Gasteiger partial charge in [-0.25, -0.2) is 0 Å². The summed E-state index contributed by atoms with van der Waals surface area (Å²) in [4.78, 5) is 11.7. The summed E-state index contributed by atoms with van der Waals surface area (Å²) in [6, 6.07) is 2.01. The van der Waals surface area contributed by atoms with E-state index in [0.717, 1.165) is 9.35 Å². The molecule has 0 aromatic carbocycles. The van der Waals surface area contributed by atoms with E-state index >= 15 is 0 Å². The lowest BCUT2D eigenvalue weighted by atomic mass is 10.7. The minimum Gasteiger partial charge on any atom is -0.300 e. The van der Waals surface area contributed by atoms with Crippen LogP contribution < -0.4 is 5.32 Å². The lowest BCUT2D eigenvalue weighted by molar-refractivity contribution is -0.113. The number of hydrogen-bond acceptors (Lipinski definition) is 10. The van der Waals surface area contributed by atoms with Gasteiger partial charge in [-0.1, -0.05) is 46.2 Å². The number of aromatic nitrogens is 4. The van der Waals surface area contributed by atoms with Crippen molar-refractivity contribution in [2.75, 3.05) is 16.8 Å². The van der Waals surface area contributed by atoms with Crippen LogP contribution in [0.2, 0.25) is 0 Å². The number of aryl methyl sites for hydroxylation is 1. The lowest BCUT2D eigenvalue weighted by Gasteiger charge is -1.98. The van der Waals surface area contributed by atoms with Gasteiger partial charge in [-0.15, -0.1) is 20.4 Å². The summed E-state index contributed by atoms with van der Waals surface area (Å²) < 4.78 is 1.43. The normalized spacial score (nSPS) is 10.2. The fraction of sp³-hybridized carbons (Fsp3) is 0.333. The second-order valence-corrected chi connectivity index (χ2v) is 7.85. The van der Waals surface area contributed by atoms with E-state index in [1.54, 1.807) is 0 Å². The second-order valence-electron chi connectivity index (χ2n) is 3.24. The molecule has 0 fully saturated rings. The molecule has 2 aromatic rings. The number of carbonyl (C=O) groups excluding carboxylic acids is 1. The number of anilines is 1. The Hall–Kier alpha value is -1.22. The third-order valence-corrected chi connectivity index (χ3v) is 5.56. The lowest BCUT2D eigenvalue weighted by Crippen LogP contribution is -2.13. The Bertz CT molecular complexity index is 632. The first kappa shape index (κ1) is 15.2. The van der Waals surface area contributed by atoms with Crippen LogP contribution in [-0.2, 0) is 4.79 Å². The van der Waals surface area contributed by atoms with Crippen molar-refractivity contribution < 1.29 is 4.79 Å². The second kappa shape index (κ2) is 7.53. The Morgan fingerprint density at radius 3 is 2.70 bits per heavy atom. The topological polar surface area (TPSA) is 104 Å². The summed E-state index contributed by atoms with van der Waals surface area (Å²) in [5, 5.41) is 27.9. The highest BCUT2D eigenvalue weighted by Gasteiger charge is 2.10. The van der Waals surface area contributed by atoms with Gasteiger partial charge in [0, 0.05) is 0 Å². The van der Waals surface area contributed by atoms with Crippen LogP contribution in [0.5, 0.6) is 0 Å². The highest BCUT2D eigenvalue weighted by Crippen LogP contribution is 2.26. The summed E-state index contributed by atoms with van der Waals surface area (Å²) in [5.74, 6) is 0.389. The Morgan fingerprint density at radius 1 is 1.25 bits per heavy atom. The fourth-order valence-electron chi connectivity index (χ4n) is 1.03. The number of amides is 1. The number of nitriles is 1. The van der Waals surface area contributed by atoms with Gasteiger partial charge in [-0.2, -0.15) is 5.26 Å². The first-order valence-electron chi connectivity index (χ1n) is 5.23. The summed E-state index contributed by atoms with van der Waals surface area (Å²) >= 11 is 5.32. The average molecular weight is 344 g/mol. The summed E-state index contributed by atoms with van der Waals surface area (Å²) in [6.45, 7) is 1.86. The number of thioether (sulfide) groups is 2. The molecule has 0 radical (unpaired) electrons. The van der Waals surface area contributed by atoms with Crippen LogP contribution >= 0.6 is 46.2 Å². The molecule has 1 amide bonds. The maximum atomic E-state index is 11.7. The van der Waals surface area contributed by atoms with E-state index in [0.29, 0.717) is 15.2 Å². The third kappa shape index (κ3) is 4.71. The quantitative estimate of drug-likeness (QED) is 0.627. The van der Waals surface area contributed by atoms with Gasteiger partial charge in [-0.3, -0.25) is 10.1 Å². The molecule has 2 aromatic heterocycles. The molecule has 104 valence electrons. The SMILES string of the molecule is Cc1nnc(SCC(=O)Nc2nnc(SCC#N)s2)s1. The van der Waals surface area contributed by atoms with E-state index in [9.17, 15) is 4.79 Å². The molecule has 0 aliphatic rings. The first-order chi connectivity index (χ1) is 9.67. The zero-order valence-corrected chi connectivity index (χ0v) is 13.5. The molecule has 0 aliphatic carbocycles. The summed E-state index contributed by atoms with van der Waals surface area (Å²) in [5.41, 5.74) is 0. The third-order valence-electron chi connectivity index (χ3n) is 1.75. The van der Waals surface area contributed by atoms with Gasteiger partial charge in [0.05, 0.1) is 17.6 Å². The Labute approximate surface area is 131 Å². The number of rotatable bonds is 6. The Balaban J connectivity index is 1.79. The fourth-order valence-corrected chi connectivity index (χ4v) is 4.08. The first-order valence-corrected chi connectivity index (χ1v) is 8.84. The molecule has 0 atom stereocenters. The zero-order chi connectivity index (χ0) is 14.4. The van der Waals surface area contributed by atoms with E-state index in [1.165, 1.54) is 46.2 Å². The number of nitrogens with zero attached hydrogens (tertiary/aromatic N) is 5. The highest BCUT2D eigenvalue weighted by molar-refractivity contribution is 8.01. The van der Waals surface area contributed by atoms with Gasteiger partial charge in [0.25, 0.3) is 0 Å². The van der Waals surface area contributed by atoms with Crippen LogP contribution in [0.3, 0.4) is 0 Å². The molecule has 20 heavy (non-hydrogen) atoms. The molecule has 0 saturated carbocycles. The molecule has 11 heteroatoms. The molecule has 1 N–H and O–H groups in total. The van der Waals surface area contributed by atoms with Crippen molar-refractivity contribution in [1.82, 2.24) is 20.4 Å².